The van der Waals surface area contributed by atoms with Gasteiger partial charge in [-0.25, -0.2) is 9.97 Å². The van der Waals surface area contributed by atoms with Gasteiger partial charge in [0.2, 0.25) is 6.79 Å². The van der Waals surface area contributed by atoms with Crippen LogP contribution in [0.2, 0.25) is 0 Å². The van der Waals surface area contributed by atoms with E-state index in [-0.39, 0.29) is 12.9 Å². The average molecular weight is 329 g/mol. The molecule has 0 radical (unpaired) electrons. The number of benzene rings is 1. The predicted octanol–water partition coefficient (Wildman–Crippen LogP) is 2.12. The van der Waals surface area contributed by atoms with E-state index < -0.39 is 0 Å². The van der Waals surface area contributed by atoms with E-state index in [0.717, 1.165) is 30.9 Å². The van der Waals surface area contributed by atoms with Gasteiger partial charge in [-0.05, 0) is 25.0 Å². The zero-order valence-electron chi connectivity index (χ0n) is 13.1. The Morgan fingerprint density at radius 2 is 2.04 bits per heavy atom. The second-order valence-electron chi connectivity index (χ2n) is 5.69. The van der Waals surface area contributed by atoms with Crippen molar-refractivity contribution in [2.45, 2.75) is 18.9 Å². The van der Waals surface area contributed by atoms with Gasteiger partial charge in [-0.3, -0.25) is 0 Å². The molecule has 0 spiro atoms. The maximum atomic E-state index is 6.18. The highest BCUT2D eigenvalue weighted by Crippen LogP contribution is 2.35. The average Bonchev–Trinajstić information content (AvgIpc) is 3.26. The minimum Gasteiger partial charge on any atom is -0.454 e. The van der Waals surface area contributed by atoms with Gasteiger partial charge in [-0.2, -0.15) is 0 Å². The monoisotopic (exact) mass is 329 g/mol. The minimum absolute atomic E-state index is 0.213. The van der Waals surface area contributed by atoms with Crippen molar-refractivity contribution in [3.63, 3.8) is 0 Å². The molecule has 24 heavy (non-hydrogen) atoms. The number of rotatable bonds is 5. The Hall–Kier alpha value is -2.74. The first-order chi connectivity index (χ1) is 11.8. The largest absolute Gasteiger partial charge is 0.454 e. The van der Waals surface area contributed by atoms with E-state index in [1.807, 2.05) is 18.2 Å². The summed E-state index contributed by atoms with van der Waals surface area (Å²) in [6.45, 7) is 1.75. The first kappa shape index (κ1) is 14.8. The standard InChI is InChI=1S/C16H19N5O3/c17-14-15(18-7-11-2-1-5-22-11)19-8-20-16(14)21-10-3-4-12-13(6-10)24-9-23-12/h3-4,6,8,11H,1-2,5,7,9,17H2,(H2,18,19,20,21). The van der Waals surface area contributed by atoms with Gasteiger partial charge in [0.25, 0.3) is 0 Å². The molecule has 1 fully saturated rings. The van der Waals surface area contributed by atoms with Crippen LogP contribution in [0, 0.1) is 0 Å². The molecule has 1 saturated heterocycles. The van der Waals surface area contributed by atoms with E-state index in [4.69, 9.17) is 19.9 Å². The van der Waals surface area contributed by atoms with Crippen LogP contribution in [0.5, 0.6) is 11.5 Å². The Morgan fingerprint density at radius 3 is 2.92 bits per heavy atom. The molecule has 2 aliphatic rings. The van der Waals surface area contributed by atoms with Gasteiger partial charge < -0.3 is 30.6 Å². The molecule has 2 aliphatic heterocycles. The number of fused-ring (bicyclic) bond motifs is 1. The molecule has 0 aliphatic carbocycles. The minimum atomic E-state index is 0.213. The Kier molecular flexibility index (Phi) is 3.96. The number of nitrogens with two attached hydrogens (primary N) is 1. The van der Waals surface area contributed by atoms with E-state index in [0.29, 0.717) is 29.6 Å². The van der Waals surface area contributed by atoms with E-state index in [2.05, 4.69) is 20.6 Å². The van der Waals surface area contributed by atoms with Crippen LogP contribution in [-0.2, 0) is 4.74 Å². The second kappa shape index (κ2) is 6.40. The van der Waals surface area contributed by atoms with Crippen molar-refractivity contribution < 1.29 is 14.2 Å². The number of ether oxygens (including phenoxy) is 3. The first-order valence-corrected chi connectivity index (χ1v) is 7.92. The molecule has 126 valence electrons. The highest BCUT2D eigenvalue weighted by Gasteiger charge is 2.17. The fraction of sp³-hybridized carbons (Fsp3) is 0.375. The molecule has 1 atom stereocenters. The highest BCUT2D eigenvalue weighted by atomic mass is 16.7. The van der Waals surface area contributed by atoms with Crippen molar-refractivity contribution >= 4 is 23.0 Å². The Balaban J connectivity index is 1.47. The molecule has 8 nitrogen and oxygen atoms in total. The summed E-state index contributed by atoms with van der Waals surface area (Å²) in [5, 5.41) is 6.42. The molecule has 3 heterocycles. The molecular weight excluding hydrogens is 310 g/mol. The molecule has 0 saturated carbocycles. The van der Waals surface area contributed by atoms with Crippen molar-refractivity contribution in [1.29, 1.82) is 0 Å². The number of hydrogen-bond acceptors (Lipinski definition) is 8. The van der Waals surface area contributed by atoms with Crippen LogP contribution in [-0.4, -0.2) is 36.0 Å². The second-order valence-corrected chi connectivity index (χ2v) is 5.69. The fourth-order valence-electron chi connectivity index (χ4n) is 2.76. The predicted molar refractivity (Wildman–Crippen MR) is 89.8 cm³/mol. The summed E-state index contributed by atoms with van der Waals surface area (Å²) in [4.78, 5) is 8.43. The Morgan fingerprint density at radius 1 is 1.17 bits per heavy atom. The van der Waals surface area contributed by atoms with Gasteiger partial charge in [0.05, 0.1) is 6.10 Å². The van der Waals surface area contributed by atoms with Crippen molar-refractivity contribution in [3.05, 3.63) is 24.5 Å². The van der Waals surface area contributed by atoms with E-state index in [9.17, 15) is 0 Å². The van der Waals surface area contributed by atoms with Gasteiger partial charge in [0.15, 0.2) is 23.1 Å². The van der Waals surface area contributed by atoms with Crippen LogP contribution in [0.1, 0.15) is 12.8 Å². The quantitative estimate of drug-likeness (QED) is 0.766. The zero-order chi connectivity index (χ0) is 16.4. The molecule has 8 heteroatoms. The van der Waals surface area contributed by atoms with Crippen LogP contribution in [0.15, 0.2) is 24.5 Å². The molecule has 0 amide bonds. The number of hydrogen-bond donors (Lipinski definition) is 3. The number of nitrogens with one attached hydrogen (secondary N) is 2. The molecule has 2 aromatic rings. The molecule has 4 N–H and O–H groups in total. The van der Waals surface area contributed by atoms with Crippen molar-refractivity contribution in [3.8, 4) is 11.5 Å². The van der Waals surface area contributed by atoms with Crippen LogP contribution in [0.25, 0.3) is 0 Å². The Labute approximate surface area is 139 Å². The van der Waals surface area contributed by atoms with Crippen LogP contribution < -0.4 is 25.8 Å². The van der Waals surface area contributed by atoms with Crippen molar-refractivity contribution in [1.82, 2.24) is 9.97 Å². The van der Waals surface area contributed by atoms with Crippen molar-refractivity contribution in [2.75, 3.05) is 36.3 Å². The number of anilines is 4. The zero-order valence-corrected chi connectivity index (χ0v) is 13.1. The summed E-state index contributed by atoms with van der Waals surface area (Å²) >= 11 is 0. The van der Waals surface area contributed by atoms with Crippen LogP contribution >= 0.6 is 0 Å². The smallest absolute Gasteiger partial charge is 0.231 e. The van der Waals surface area contributed by atoms with Gasteiger partial charge in [-0.15, -0.1) is 0 Å². The molecule has 1 aromatic heterocycles. The van der Waals surface area contributed by atoms with Gasteiger partial charge in [-0.1, -0.05) is 0 Å². The topological polar surface area (TPSA) is 104 Å². The maximum absolute atomic E-state index is 6.18. The van der Waals surface area contributed by atoms with Gasteiger partial charge in [0.1, 0.15) is 12.0 Å². The van der Waals surface area contributed by atoms with E-state index in [1.54, 1.807) is 0 Å². The summed E-state index contributed by atoms with van der Waals surface area (Å²) in [6, 6.07) is 5.58. The molecule has 1 aromatic carbocycles. The lowest BCUT2D eigenvalue weighted by molar-refractivity contribution is 0.120. The lowest BCUT2D eigenvalue weighted by atomic mass is 10.2. The summed E-state index contributed by atoms with van der Waals surface area (Å²) in [7, 11) is 0. The number of aromatic nitrogens is 2. The molecular formula is C16H19N5O3. The van der Waals surface area contributed by atoms with Gasteiger partial charge in [0, 0.05) is 24.9 Å². The third kappa shape index (κ3) is 3.00. The maximum Gasteiger partial charge on any atom is 0.231 e. The van der Waals surface area contributed by atoms with Crippen LogP contribution in [0.4, 0.5) is 23.0 Å². The summed E-state index contributed by atoms with van der Waals surface area (Å²) in [6.07, 6.45) is 3.84. The van der Waals surface area contributed by atoms with E-state index >= 15 is 0 Å². The fourth-order valence-corrected chi connectivity index (χ4v) is 2.76. The summed E-state index contributed by atoms with van der Waals surface area (Å²) in [5.41, 5.74) is 7.46. The number of nitrogen functional groups attached to an aromatic ring is 1. The van der Waals surface area contributed by atoms with Crippen molar-refractivity contribution in [2.24, 2.45) is 0 Å². The third-order valence-electron chi connectivity index (χ3n) is 4.04. The number of nitrogens with zero attached hydrogens (tertiary/aromatic N) is 2. The highest BCUT2D eigenvalue weighted by molar-refractivity contribution is 5.78. The lowest BCUT2D eigenvalue weighted by Crippen LogP contribution is -2.20. The normalized spacial score (nSPS) is 18.6. The van der Waals surface area contributed by atoms with Crippen LogP contribution in [0.3, 0.4) is 0 Å². The van der Waals surface area contributed by atoms with Gasteiger partial charge >= 0.3 is 0 Å². The molecule has 0 bridgehead atoms. The first-order valence-electron chi connectivity index (χ1n) is 7.92. The third-order valence-corrected chi connectivity index (χ3v) is 4.04. The van der Waals surface area contributed by atoms with E-state index in [1.165, 1.54) is 6.33 Å². The molecule has 4 rings (SSSR count). The molecule has 1 unspecified atom stereocenters. The summed E-state index contributed by atoms with van der Waals surface area (Å²) in [5.74, 6) is 2.57. The SMILES string of the molecule is Nc1c(NCC2CCCO2)ncnc1Nc1ccc2c(c1)OCO2. The Bertz CT molecular complexity index is 734. The lowest BCUT2D eigenvalue weighted by Gasteiger charge is -2.15. The summed E-state index contributed by atoms with van der Waals surface area (Å²) < 4.78 is 16.3.